The fourth-order valence-electron chi connectivity index (χ4n) is 3.25. The van der Waals surface area contributed by atoms with Crippen molar-refractivity contribution in [2.75, 3.05) is 6.54 Å². The molecule has 0 aliphatic carbocycles. The molecule has 11 heteroatoms. The predicted octanol–water partition coefficient (Wildman–Crippen LogP) is 4.50. The number of nitro groups is 1. The number of non-ortho nitro benzene ring substituents is 1. The van der Waals surface area contributed by atoms with Crippen LogP contribution in [0.3, 0.4) is 0 Å². The van der Waals surface area contributed by atoms with Crippen molar-refractivity contribution in [1.82, 2.24) is 10.6 Å². The average molecular weight is 522 g/mol. The molecule has 0 aliphatic rings. The number of amides is 2. The van der Waals surface area contributed by atoms with Crippen molar-refractivity contribution < 1.29 is 33.5 Å². The first-order chi connectivity index (χ1) is 18.4. The van der Waals surface area contributed by atoms with Crippen LogP contribution in [0.1, 0.15) is 24.0 Å². The summed E-state index contributed by atoms with van der Waals surface area (Å²) >= 11 is 0. The molecule has 0 bridgehead atoms. The standard InChI is InChI=1S/C27H27N3O8/c31-25(38-23-15-13-22(14-16-23)30(34)35)24(29-27(33)37-19-21-10-5-2-6-11-21)12-7-17-28-26(32)36-18-20-8-3-1-4-9-20/h1-6,8-11,13-16,24H,7,12,17-19H2,(H,28,32)(H,29,33)/t24-/m0/s1. The summed E-state index contributed by atoms with van der Waals surface area (Å²) in [7, 11) is 0. The first-order valence-corrected chi connectivity index (χ1v) is 11.8. The number of hydrogen-bond acceptors (Lipinski definition) is 8. The van der Waals surface area contributed by atoms with E-state index in [-0.39, 0.29) is 37.6 Å². The van der Waals surface area contributed by atoms with Crippen LogP contribution < -0.4 is 15.4 Å². The van der Waals surface area contributed by atoms with Gasteiger partial charge in [-0.1, -0.05) is 60.7 Å². The van der Waals surface area contributed by atoms with Crippen LogP contribution in [0, 0.1) is 10.1 Å². The van der Waals surface area contributed by atoms with Gasteiger partial charge in [-0.05, 0) is 36.1 Å². The summed E-state index contributed by atoms with van der Waals surface area (Å²) in [6.45, 7) is 0.299. The Bertz CT molecular complexity index is 1200. The zero-order valence-corrected chi connectivity index (χ0v) is 20.4. The first-order valence-electron chi connectivity index (χ1n) is 11.8. The number of hydrogen-bond donors (Lipinski definition) is 2. The number of esters is 1. The third kappa shape index (κ3) is 9.61. The molecule has 3 aromatic carbocycles. The maximum atomic E-state index is 12.8. The molecule has 2 amide bonds. The topological polar surface area (TPSA) is 146 Å². The molecule has 3 aromatic rings. The van der Waals surface area contributed by atoms with Crippen LogP contribution in [0.2, 0.25) is 0 Å². The van der Waals surface area contributed by atoms with Gasteiger partial charge in [-0.15, -0.1) is 0 Å². The number of nitrogens with zero attached hydrogens (tertiary/aromatic N) is 1. The van der Waals surface area contributed by atoms with E-state index in [9.17, 15) is 24.5 Å². The quantitative estimate of drug-likeness (QED) is 0.116. The molecular weight excluding hydrogens is 494 g/mol. The minimum Gasteiger partial charge on any atom is -0.445 e. The number of carbonyl (C=O) groups is 3. The van der Waals surface area contributed by atoms with Crippen molar-refractivity contribution >= 4 is 23.8 Å². The van der Waals surface area contributed by atoms with Crippen LogP contribution in [0.25, 0.3) is 0 Å². The summed E-state index contributed by atoms with van der Waals surface area (Å²) in [5.74, 6) is -0.713. The maximum absolute atomic E-state index is 12.8. The van der Waals surface area contributed by atoms with E-state index >= 15 is 0 Å². The van der Waals surface area contributed by atoms with Gasteiger partial charge in [0.05, 0.1) is 4.92 Å². The second kappa shape index (κ2) is 14.6. The number of nitrogens with one attached hydrogen (secondary N) is 2. The molecule has 0 radical (unpaired) electrons. The smallest absolute Gasteiger partial charge is 0.408 e. The summed E-state index contributed by atoms with van der Waals surface area (Å²) < 4.78 is 15.6. The van der Waals surface area contributed by atoms with Crippen molar-refractivity contribution in [2.45, 2.75) is 32.1 Å². The van der Waals surface area contributed by atoms with Crippen molar-refractivity contribution in [1.29, 1.82) is 0 Å². The maximum Gasteiger partial charge on any atom is 0.408 e. The predicted molar refractivity (Wildman–Crippen MR) is 136 cm³/mol. The van der Waals surface area contributed by atoms with Crippen LogP contribution in [0.15, 0.2) is 84.9 Å². The van der Waals surface area contributed by atoms with Gasteiger partial charge in [0.25, 0.3) is 5.69 Å². The molecule has 0 saturated carbocycles. The number of carbonyl (C=O) groups excluding carboxylic acids is 3. The van der Waals surface area contributed by atoms with Crippen molar-refractivity contribution in [3.8, 4) is 5.75 Å². The fraction of sp³-hybridized carbons (Fsp3) is 0.222. The molecule has 0 spiro atoms. The van der Waals surface area contributed by atoms with E-state index in [0.29, 0.717) is 6.42 Å². The largest absolute Gasteiger partial charge is 0.445 e. The lowest BCUT2D eigenvalue weighted by atomic mass is 10.1. The van der Waals surface area contributed by atoms with Crippen LogP contribution in [-0.4, -0.2) is 35.7 Å². The molecule has 0 unspecified atom stereocenters. The Morgan fingerprint density at radius 3 is 1.89 bits per heavy atom. The van der Waals surface area contributed by atoms with E-state index in [1.165, 1.54) is 24.3 Å². The molecule has 3 rings (SSSR count). The van der Waals surface area contributed by atoms with Gasteiger partial charge in [-0.2, -0.15) is 0 Å². The Kier molecular flexibility index (Phi) is 10.6. The molecule has 1 atom stereocenters. The number of benzene rings is 3. The van der Waals surface area contributed by atoms with E-state index in [4.69, 9.17) is 14.2 Å². The molecule has 0 heterocycles. The van der Waals surface area contributed by atoms with Crippen LogP contribution in [0.4, 0.5) is 15.3 Å². The highest BCUT2D eigenvalue weighted by atomic mass is 16.6. The molecule has 0 aliphatic heterocycles. The summed E-state index contributed by atoms with van der Waals surface area (Å²) in [5, 5.41) is 15.9. The van der Waals surface area contributed by atoms with Crippen molar-refractivity contribution in [2.24, 2.45) is 0 Å². The molecule has 0 aromatic heterocycles. The molecular formula is C27H27N3O8. The molecule has 0 fully saturated rings. The Morgan fingerprint density at radius 2 is 1.34 bits per heavy atom. The fourth-order valence-corrected chi connectivity index (χ4v) is 3.25. The second-order valence-corrected chi connectivity index (χ2v) is 8.06. The van der Waals surface area contributed by atoms with E-state index in [2.05, 4.69) is 10.6 Å². The normalized spacial score (nSPS) is 11.1. The number of nitro benzene ring substituents is 1. The highest BCUT2D eigenvalue weighted by molar-refractivity contribution is 5.83. The zero-order valence-electron chi connectivity index (χ0n) is 20.4. The van der Waals surface area contributed by atoms with Gasteiger partial charge in [0, 0.05) is 18.7 Å². The van der Waals surface area contributed by atoms with Crippen LogP contribution in [0.5, 0.6) is 5.75 Å². The Hall–Kier alpha value is -4.93. The number of alkyl carbamates (subject to hydrolysis) is 2. The zero-order chi connectivity index (χ0) is 27.2. The lowest BCUT2D eigenvalue weighted by Crippen LogP contribution is -2.43. The Morgan fingerprint density at radius 1 is 0.789 bits per heavy atom. The van der Waals surface area contributed by atoms with E-state index in [0.717, 1.165) is 11.1 Å². The lowest BCUT2D eigenvalue weighted by molar-refractivity contribution is -0.384. The second-order valence-electron chi connectivity index (χ2n) is 8.06. The Balaban J connectivity index is 1.51. The first kappa shape index (κ1) is 27.7. The van der Waals surface area contributed by atoms with Gasteiger partial charge in [0.15, 0.2) is 0 Å². The van der Waals surface area contributed by atoms with E-state index < -0.39 is 29.1 Å². The van der Waals surface area contributed by atoms with Crippen molar-refractivity contribution in [3.05, 3.63) is 106 Å². The third-order valence-electron chi connectivity index (χ3n) is 5.21. The summed E-state index contributed by atoms with van der Waals surface area (Å²) in [4.78, 5) is 47.4. The molecule has 198 valence electrons. The van der Waals surface area contributed by atoms with Gasteiger partial charge in [0.1, 0.15) is 25.0 Å². The number of ether oxygens (including phenoxy) is 3. The SMILES string of the molecule is O=C(NCCC[C@H](NC(=O)OCc1ccccc1)C(=O)Oc1ccc([N+](=O)[O-])cc1)OCc1ccccc1. The van der Waals surface area contributed by atoms with Crippen LogP contribution in [-0.2, 0) is 27.5 Å². The summed E-state index contributed by atoms with van der Waals surface area (Å²) in [6, 6.07) is 22.1. The van der Waals surface area contributed by atoms with Crippen LogP contribution >= 0.6 is 0 Å². The lowest BCUT2D eigenvalue weighted by Gasteiger charge is -2.18. The van der Waals surface area contributed by atoms with E-state index in [1.54, 1.807) is 24.3 Å². The van der Waals surface area contributed by atoms with Crippen molar-refractivity contribution in [3.63, 3.8) is 0 Å². The van der Waals surface area contributed by atoms with E-state index in [1.807, 2.05) is 36.4 Å². The molecule has 0 saturated heterocycles. The van der Waals surface area contributed by atoms with Gasteiger partial charge in [-0.25, -0.2) is 14.4 Å². The van der Waals surface area contributed by atoms with Gasteiger partial charge in [0.2, 0.25) is 0 Å². The minimum atomic E-state index is -1.10. The molecule has 2 N–H and O–H groups in total. The third-order valence-corrected chi connectivity index (χ3v) is 5.21. The monoisotopic (exact) mass is 521 g/mol. The average Bonchev–Trinajstić information content (AvgIpc) is 2.93. The highest BCUT2D eigenvalue weighted by Crippen LogP contribution is 2.18. The van der Waals surface area contributed by atoms with Gasteiger partial charge in [-0.3, -0.25) is 10.1 Å². The van der Waals surface area contributed by atoms with Gasteiger partial charge < -0.3 is 24.8 Å². The molecule has 11 nitrogen and oxygen atoms in total. The Labute approximate surface area is 218 Å². The highest BCUT2D eigenvalue weighted by Gasteiger charge is 2.24. The summed E-state index contributed by atoms with van der Waals surface area (Å²) in [5.41, 5.74) is 1.45. The molecule has 38 heavy (non-hydrogen) atoms. The minimum absolute atomic E-state index is 0.00556. The number of rotatable bonds is 12. The summed E-state index contributed by atoms with van der Waals surface area (Å²) in [6.07, 6.45) is -1.02. The van der Waals surface area contributed by atoms with Gasteiger partial charge >= 0.3 is 18.2 Å².